The lowest BCUT2D eigenvalue weighted by molar-refractivity contribution is 0.0652. The third kappa shape index (κ3) is 2.41. The van der Waals surface area contributed by atoms with E-state index < -0.39 is 0 Å². The molecule has 0 fully saturated rings. The highest BCUT2D eigenvalue weighted by atomic mass is 16.5. The van der Waals surface area contributed by atoms with Gasteiger partial charge in [0.2, 0.25) is 5.95 Å². The number of imidazole rings is 1. The molecule has 1 heterocycles. The molecule has 0 amide bonds. The Balaban J connectivity index is 2.38. The third-order valence-electron chi connectivity index (χ3n) is 2.88. The minimum Gasteiger partial charge on any atom is -0.497 e. The predicted octanol–water partition coefficient (Wildman–Crippen LogP) is 2.05. The van der Waals surface area contributed by atoms with E-state index in [-0.39, 0.29) is 6.10 Å². The molecule has 0 aliphatic carbocycles. The summed E-state index contributed by atoms with van der Waals surface area (Å²) >= 11 is 0. The van der Waals surface area contributed by atoms with Crippen LogP contribution in [-0.4, -0.2) is 29.4 Å². The molecule has 0 aliphatic heterocycles. The van der Waals surface area contributed by atoms with Crippen LogP contribution in [0.2, 0.25) is 0 Å². The number of methoxy groups -OCH3 is 1. The molecule has 1 unspecified atom stereocenters. The standard InChI is InChI=1S/C13H19N3O2/c1-4-18-9(2)8-16-12-7-10(17-3)5-6-11(12)15-13(16)14/h5-7,9H,4,8H2,1-3H3,(H2,14,15). The SMILES string of the molecule is CCOC(C)Cn1c(N)nc2ccc(OC)cc21. The van der Waals surface area contributed by atoms with E-state index in [9.17, 15) is 0 Å². The van der Waals surface area contributed by atoms with Crippen molar-refractivity contribution in [2.75, 3.05) is 19.5 Å². The zero-order valence-corrected chi connectivity index (χ0v) is 11.0. The van der Waals surface area contributed by atoms with Gasteiger partial charge in [0.25, 0.3) is 0 Å². The van der Waals surface area contributed by atoms with Crippen molar-refractivity contribution < 1.29 is 9.47 Å². The molecule has 0 saturated heterocycles. The predicted molar refractivity (Wildman–Crippen MR) is 71.8 cm³/mol. The van der Waals surface area contributed by atoms with E-state index in [0.29, 0.717) is 19.1 Å². The Kier molecular flexibility index (Phi) is 3.72. The average molecular weight is 249 g/mol. The largest absolute Gasteiger partial charge is 0.497 e. The summed E-state index contributed by atoms with van der Waals surface area (Å²) in [6.45, 7) is 5.38. The molecule has 0 aliphatic rings. The molecule has 98 valence electrons. The van der Waals surface area contributed by atoms with Crippen LogP contribution in [0.25, 0.3) is 11.0 Å². The van der Waals surface area contributed by atoms with Gasteiger partial charge >= 0.3 is 0 Å². The van der Waals surface area contributed by atoms with Gasteiger partial charge in [0.05, 0.1) is 30.8 Å². The van der Waals surface area contributed by atoms with Gasteiger partial charge in [0.15, 0.2) is 0 Å². The van der Waals surface area contributed by atoms with Crippen molar-refractivity contribution in [2.24, 2.45) is 0 Å². The van der Waals surface area contributed by atoms with Crippen molar-refractivity contribution in [1.29, 1.82) is 0 Å². The number of anilines is 1. The fourth-order valence-corrected chi connectivity index (χ4v) is 2.03. The van der Waals surface area contributed by atoms with E-state index in [2.05, 4.69) is 4.98 Å². The van der Waals surface area contributed by atoms with Gasteiger partial charge in [0, 0.05) is 12.7 Å². The molecular weight excluding hydrogens is 230 g/mol. The summed E-state index contributed by atoms with van der Waals surface area (Å²) in [5.41, 5.74) is 7.79. The molecule has 0 bridgehead atoms. The molecule has 1 atom stereocenters. The number of hydrogen-bond acceptors (Lipinski definition) is 4. The lowest BCUT2D eigenvalue weighted by atomic mass is 10.3. The summed E-state index contributed by atoms with van der Waals surface area (Å²) < 4.78 is 12.7. The fraction of sp³-hybridized carbons (Fsp3) is 0.462. The maximum Gasteiger partial charge on any atom is 0.201 e. The van der Waals surface area contributed by atoms with E-state index in [1.165, 1.54) is 0 Å². The molecular formula is C13H19N3O2. The second kappa shape index (κ2) is 5.27. The number of fused-ring (bicyclic) bond motifs is 1. The van der Waals surface area contributed by atoms with E-state index in [1.807, 2.05) is 36.6 Å². The van der Waals surface area contributed by atoms with Gasteiger partial charge in [-0.3, -0.25) is 0 Å². The Hall–Kier alpha value is -1.75. The quantitative estimate of drug-likeness (QED) is 0.881. The minimum absolute atomic E-state index is 0.0981. The van der Waals surface area contributed by atoms with Gasteiger partial charge in [-0.05, 0) is 26.0 Å². The molecule has 1 aromatic heterocycles. The highest BCUT2D eigenvalue weighted by Gasteiger charge is 2.12. The number of benzene rings is 1. The molecule has 0 spiro atoms. The zero-order chi connectivity index (χ0) is 13.1. The van der Waals surface area contributed by atoms with Crippen molar-refractivity contribution in [2.45, 2.75) is 26.5 Å². The Morgan fingerprint density at radius 3 is 2.89 bits per heavy atom. The number of hydrogen-bond donors (Lipinski definition) is 1. The van der Waals surface area contributed by atoms with E-state index in [1.54, 1.807) is 7.11 Å². The summed E-state index contributed by atoms with van der Waals surface area (Å²) in [5, 5.41) is 0. The van der Waals surface area contributed by atoms with Crippen LogP contribution < -0.4 is 10.5 Å². The highest BCUT2D eigenvalue weighted by molar-refractivity contribution is 5.79. The average Bonchev–Trinajstić information content (AvgIpc) is 2.65. The summed E-state index contributed by atoms with van der Waals surface area (Å²) in [4.78, 5) is 4.33. The third-order valence-corrected chi connectivity index (χ3v) is 2.88. The number of aromatic nitrogens is 2. The van der Waals surface area contributed by atoms with E-state index in [0.717, 1.165) is 16.8 Å². The number of nitrogens with two attached hydrogens (primary N) is 1. The number of nitrogens with zero attached hydrogens (tertiary/aromatic N) is 2. The van der Waals surface area contributed by atoms with Crippen LogP contribution in [0.15, 0.2) is 18.2 Å². The first kappa shape index (κ1) is 12.7. The van der Waals surface area contributed by atoms with E-state index >= 15 is 0 Å². The Morgan fingerprint density at radius 1 is 1.44 bits per heavy atom. The minimum atomic E-state index is 0.0981. The fourth-order valence-electron chi connectivity index (χ4n) is 2.03. The Bertz CT molecular complexity index is 536. The first-order valence-electron chi connectivity index (χ1n) is 6.07. The topological polar surface area (TPSA) is 62.3 Å². The molecule has 18 heavy (non-hydrogen) atoms. The summed E-state index contributed by atoms with van der Waals surface area (Å²) in [6.07, 6.45) is 0.0981. The van der Waals surface area contributed by atoms with Crippen LogP contribution in [0.5, 0.6) is 5.75 Å². The van der Waals surface area contributed by atoms with Crippen LogP contribution in [0, 0.1) is 0 Å². The maximum atomic E-state index is 5.94. The molecule has 2 rings (SSSR count). The van der Waals surface area contributed by atoms with Crippen molar-refractivity contribution in [1.82, 2.24) is 9.55 Å². The zero-order valence-electron chi connectivity index (χ0n) is 11.0. The van der Waals surface area contributed by atoms with Gasteiger partial charge in [-0.1, -0.05) is 0 Å². The number of ether oxygens (including phenoxy) is 2. The normalized spacial score (nSPS) is 12.8. The lowest BCUT2D eigenvalue weighted by Gasteiger charge is -2.14. The molecule has 0 radical (unpaired) electrons. The maximum absolute atomic E-state index is 5.94. The Labute approximate surface area is 107 Å². The van der Waals surface area contributed by atoms with Crippen LogP contribution in [0.4, 0.5) is 5.95 Å². The smallest absolute Gasteiger partial charge is 0.201 e. The number of rotatable bonds is 5. The van der Waals surface area contributed by atoms with Crippen LogP contribution in [0.3, 0.4) is 0 Å². The summed E-state index contributed by atoms with van der Waals surface area (Å²) in [5.74, 6) is 1.30. The van der Waals surface area contributed by atoms with Gasteiger partial charge in [-0.2, -0.15) is 0 Å². The van der Waals surface area contributed by atoms with Gasteiger partial charge in [0.1, 0.15) is 5.75 Å². The second-order valence-corrected chi connectivity index (χ2v) is 4.20. The Morgan fingerprint density at radius 2 is 2.22 bits per heavy atom. The molecule has 5 nitrogen and oxygen atoms in total. The van der Waals surface area contributed by atoms with Gasteiger partial charge in [-0.15, -0.1) is 0 Å². The van der Waals surface area contributed by atoms with Gasteiger partial charge < -0.3 is 19.8 Å². The van der Waals surface area contributed by atoms with E-state index in [4.69, 9.17) is 15.2 Å². The van der Waals surface area contributed by atoms with Crippen LogP contribution in [0.1, 0.15) is 13.8 Å². The highest BCUT2D eigenvalue weighted by Crippen LogP contribution is 2.23. The molecule has 1 aromatic carbocycles. The molecule has 2 N–H and O–H groups in total. The summed E-state index contributed by atoms with van der Waals surface area (Å²) in [6, 6.07) is 5.73. The van der Waals surface area contributed by atoms with Crippen molar-refractivity contribution in [3.05, 3.63) is 18.2 Å². The molecule has 5 heteroatoms. The summed E-state index contributed by atoms with van der Waals surface area (Å²) in [7, 11) is 1.65. The second-order valence-electron chi connectivity index (χ2n) is 4.20. The first-order valence-corrected chi connectivity index (χ1v) is 6.07. The monoisotopic (exact) mass is 249 g/mol. The molecule has 0 saturated carbocycles. The number of nitrogen functional groups attached to an aromatic ring is 1. The molecule has 2 aromatic rings. The van der Waals surface area contributed by atoms with Crippen LogP contribution in [-0.2, 0) is 11.3 Å². The van der Waals surface area contributed by atoms with Crippen molar-refractivity contribution >= 4 is 17.0 Å². The van der Waals surface area contributed by atoms with Crippen molar-refractivity contribution in [3.8, 4) is 5.75 Å². The first-order chi connectivity index (χ1) is 8.65. The van der Waals surface area contributed by atoms with Crippen molar-refractivity contribution in [3.63, 3.8) is 0 Å². The van der Waals surface area contributed by atoms with Gasteiger partial charge in [-0.25, -0.2) is 4.98 Å². The van der Waals surface area contributed by atoms with Crippen LogP contribution >= 0.6 is 0 Å². The lowest BCUT2D eigenvalue weighted by Crippen LogP contribution is -2.17.